The van der Waals surface area contributed by atoms with Crippen molar-refractivity contribution in [1.82, 2.24) is 24.2 Å². The molecule has 1 aliphatic rings. The normalized spacial score (nSPS) is 16.5. The lowest BCUT2D eigenvalue weighted by atomic mass is 10.1. The quantitative estimate of drug-likeness (QED) is 0.827. The Kier molecular flexibility index (Phi) is 4.69. The molecular formula is C15H19N7O2S. The van der Waals surface area contributed by atoms with Gasteiger partial charge in [0.15, 0.2) is 0 Å². The van der Waals surface area contributed by atoms with Crippen molar-refractivity contribution in [2.24, 2.45) is 0 Å². The van der Waals surface area contributed by atoms with Crippen LogP contribution >= 0.6 is 0 Å². The van der Waals surface area contributed by atoms with Crippen LogP contribution in [0.15, 0.2) is 12.4 Å². The van der Waals surface area contributed by atoms with Gasteiger partial charge >= 0.3 is 0 Å². The highest BCUT2D eigenvalue weighted by atomic mass is 32.2. The van der Waals surface area contributed by atoms with Crippen molar-refractivity contribution in [2.45, 2.75) is 25.8 Å². The summed E-state index contributed by atoms with van der Waals surface area (Å²) in [7, 11) is -3.15. The van der Waals surface area contributed by atoms with Gasteiger partial charge in [0.05, 0.1) is 18.0 Å². The number of nitrogens with zero attached hydrogens (tertiary/aromatic N) is 5. The maximum absolute atomic E-state index is 11.6. The Morgan fingerprint density at radius 1 is 1.36 bits per heavy atom. The van der Waals surface area contributed by atoms with Gasteiger partial charge in [-0.3, -0.25) is 0 Å². The number of H-pyrrole nitrogens is 1. The molecule has 0 bridgehead atoms. The van der Waals surface area contributed by atoms with Crippen molar-refractivity contribution in [3.8, 4) is 17.5 Å². The smallest absolute Gasteiger partial charge is 0.223 e. The summed E-state index contributed by atoms with van der Waals surface area (Å²) >= 11 is 0. The molecule has 3 heterocycles. The molecule has 10 heteroatoms. The third kappa shape index (κ3) is 3.94. The van der Waals surface area contributed by atoms with Crippen LogP contribution in [0.2, 0.25) is 0 Å². The molecule has 2 N–H and O–H groups in total. The van der Waals surface area contributed by atoms with Crippen molar-refractivity contribution < 1.29 is 8.42 Å². The molecule has 9 nitrogen and oxygen atoms in total. The lowest BCUT2D eigenvalue weighted by molar-refractivity contribution is 0.331. The van der Waals surface area contributed by atoms with Crippen molar-refractivity contribution in [2.75, 3.05) is 24.7 Å². The first-order valence-corrected chi connectivity index (χ1v) is 9.73. The number of nitrogens with one attached hydrogen (secondary N) is 2. The molecule has 0 unspecified atom stereocenters. The SMILES string of the molecule is Cc1nc(-c2nc(NC3CCN(S(C)(=O)=O)CC3)ncc2C#N)c[nH]1. The monoisotopic (exact) mass is 361 g/mol. The molecular weight excluding hydrogens is 342 g/mol. The van der Waals surface area contributed by atoms with Gasteiger partial charge < -0.3 is 10.3 Å². The first-order valence-electron chi connectivity index (χ1n) is 7.88. The average molecular weight is 361 g/mol. The molecule has 0 aliphatic carbocycles. The average Bonchev–Trinajstić information content (AvgIpc) is 3.01. The molecule has 2 aromatic heterocycles. The second-order valence-corrected chi connectivity index (χ2v) is 8.00. The van der Waals surface area contributed by atoms with Gasteiger partial charge in [0.25, 0.3) is 0 Å². The molecule has 0 atom stereocenters. The van der Waals surface area contributed by atoms with Gasteiger partial charge in [-0.25, -0.2) is 27.7 Å². The van der Waals surface area contributed by atoms with E-state index in [-0.39, 0.29) is 6.04 Å². The molecule has 132 valence electrons. The lowest BCUT2D eigenvalue weighted by Gasteiger charge is -2.30. The highest BCUT2D eigenvalue weighted by molar-refractivity contribution is 7.88. The van der Waals surface area contributed by atoms with Crippen molar-refractivity contribution in [3.63, 3.8) is 0 Å². The van der Waals surface area contributed by atoms with E-state index in [0.717, 1.165) is 5.82 Å². The second-order valence-electron chi connectivity index (χ2n) is 6.02. The molecule has 1 fully saturated rings. The van der Waals surface area contributed by atoms with E-state index >= 15 is 0 Å². The van der Waals surface area contributed by atoms with Crippen molar-refractivity contribution in [1.29, 1.82) is 5.26 Å². The third-order valence-electron chi connectivity index (χ3n) is 4.11. The van der Waals surface area contributed by atoms with Gasteiger partial charge in [0, 0.05) is 25.3 Å². The Bertz CT molecular complexity index is 908. The van der Waals surface area contributed by atoms with E-state index in [9.17, 15) is 13.7 Å². The minimum Gasteiger partial charge on any atom is -0.351 e. The number of sulfonamides is 1. The Labute approximate surface area is 146 Å². The number of anilines is 1. The van der Waals surface area contributed by atoms with Crippen LogP contribution in [0, 0.1) is 18.3 Å². The van der Waals surface area contributed by atoms with Crippen LogP contribution in [0.25, 0.3) is 11.4 Å². The van der Waals surface area contributed by atoms with Gasteiger partial charge in [-0.05, 0) is 19.8 Å². The molecule has 0 amide bonds. The van der Waals surface area contributed by atoms with Crippen LogP contribution in [0.4, 0.5) is 5.95 Å². The fraction of sp³-hybridized carbons (Fsp3) is 0.467. The Morgan fingerprint density at radius 2 is 2.08 bits per heavy atom. The third-order valence-corrected chi connectivity index (χ3v) is 5.42. The van der Waals surface area contributed by atoms with E-state index in [4.69, 9.17) is 0 Å². The number of nitriles is 1. The van der Waals surface area contributed by atoms with Crippen LogP contribution in [0.1, 0.15) is 24.2 Å². The summed E-state index contributed by atoms with van der Waals surface area (Å²) in [5.74, 6) is 1.15. The van der Waals surface area contributed by atoms with Crippen LogP contribution in [-0.2, 0) is 10.0 Å². The van der Waals surface area contributed by atoms with Crippen molar-refractivity contribution >= 4 is 16.0 Å². The molecule has 0 radical (unpaired) electrons. The predicted molar refractivity (Wildman–Crippen MR) is 92.1 cm³/mol. The number of piperidine rings is 1. The minimum absolute atomic E-state index is 0.0831. The number of imidazole rings is 1. The molecule has 3 rings (SSSR count). The van der Waals surface area contributed by atoms with E-state index in [1.807, 2.05) is 6.92 Å². The first kappa shape index (κ1) is 17.3. The van der Waals surface area contributed by atoms with E-state index < -0.39 is 10.0 Å². The molecule has 0 spiro atoms. The number of hydrogen-bond donors (Lipinski definition) is 2. The van der Waals surface area contributed by atoms with Gasteiger partial charge in [-0.2, -0.15) is 5.26 Å². The molecule has 25 heavy (non-hydrogen) atoms. The van der Waals surface area contributed by atoms with Gasteiger partial charge in [-0.15, -0.1) is 0 Å². The zero-order valence-corrected chi connectivity index (χ0v) is 14.8. The summed E-state index contributed by atoms with van der Waals surface area (Å²) < 4.78 is 24.6. The first-order chi connectivity index (χ1) is 11.9. The fourth-order valence-corrected chi connectivity index (χ4v) is 3.66. The molecule has 0 saturated carbocycles. The molecule has 2 aromatic rings. The Balaban J connectivity index is 1.75. The van der Waals surface area contributed by atoms with E-state index in [0.29, 0.717) is 48.8 Å². The predicted octanol–water partition coefficient (Wildman–Crippen LogP) is 0.883. The van der Waals surface area contributed by atoms with Crippen LogP contribution in [-0.4, -0.2) is 58.0 Å². The summed E-state index contributed by atoms with van der Waals surface area (Å²) in [5, 5.41) is 12.5. The maximum atomic E-state index is 11.6. The van der Waals surface area contributed by atoms with E-state index in [1.54, 1.807) is 6.20 Å². The largest absolute Gasteiger partial charge is 0.351 e. The summed E-state index contributed by atoms with van der Waals surface area (Å²) in [6.45, 7) is 2.77. The van der Waals surface area contributed by atoms with E-state index in [2.05, 4.69) is 31.3 Å². The van der Waals surface area contributed by atoms with Crippen LogP contribution < -0.4 is 5.32 Å². The van der Waals surface area contributed by atoms with Gasteiger partial charge in [-0.1, -0.05) is 0 Å². The van der Waals surface area contributed by atoms with Crippen LogP contribution in [0.3, 0.4) is 0 Å². The topological polar surface area (TPSA) is 128 Å². The summed E-state index contributed by atoms with van der Waals surface area (Å²) in [6, 6.07) is 2.16. The molecule has 1 aliphatic heterocycles. The number of aromatic nitrogens is 4. The Morgan fingerprint density at radius 3 is 2.64 bits per heavy atom. The maximum Gasteiger partial charge on any atom is 0.223 e. The number of rotatable bonds is 4. The second kappa shape index (κ2) is 6.78. The van der Waals surface area contributed by atoms with Gasteiger partial charge in [0.1, 0.15) is 23.3 Å². The number of aryl methyl sites for hydroxylation is 1. The van der Waals surface area contributed by atoms with E-state index in [1.165, 1.54) is 16.8 Å². The summed E-state index contributed by atoms with van der Waals surface area (Å²) in [6.07, 6.45) is 5.75. The number of aromatic amines is 1. The van der Waals surface area contributed by atoms with Crippen LogP contribution in [0.5, 0.6) is 0 Å². The molecule has 1 saturated heterocycles. The highest BCUT2D eigenvalue weighted by Gasteiger charge is 2.25. The standard InChI is InChI=1S/C15H19N7O2S/c1-10-17-9-13(19-10)14-11(7-16)8-18-15(21-14)20-12-3-5-22(6-4-12)25(2,23)24/h8-9,12H,3-6H2,1-2H3,(H,17,19)(H,18,20,21). The molecule has 0 aromatic carbocycles. The Hall–Kier alpha value is -2.51. The summed E-state index contributed by atoms with van der Waals surface area (Å²) in [5.41, 5.74) is 1.41. The number of hydrogen-bond acceptors (Lipinski definition) is 7. The summed E-state index contributed by atoms with van der Waals surface area (Å²) in [4.78, 5) is 15.9. The van der Waals surface area contributed by atoms with Crippen molar-refractivity contribution in [3.05, 3.63) is 23.8 Å². The minimum atomic E-state index is -3.15. The van der Waals surface area contributed by atoms with Gasteiger partial charge in [0.2, 0.25) is 16.0 Å². The lowest BCUT2D eigenvalue weighted by Crippen LogP contribution is -2.42. The fourth-order valence-electron chi connectivity index (χ4n) is 2.78. The zero-order valence-electron chi connectivity index (χ0n) is 14.0. The zero-order chi connectivity index (χ0) is 18.0. The highest BCUT2D eigenvalue weighted by Crippen LogP contribution is 2.22.